The fraction of sp³-hybridized carbons (Fsp3) is 0.684. The smallest absolute Gasteiger partial charge is 0.161 e. The lowest BCUT2D eigenvalue weighted by molar-refractivity contribution is 0.0370. The predicted molar refractivity (Wildman–Crippen MR) is 94.9 cm³/mol. The van der Waals surface area contributed by atoms with Gasteiger partial charge in [0.2, 0.25) is 0 Å². The van der Waals surface area contributed by atoms with Crippen molar-refractivity contribution in [1.82, 2.24) is 0 Å². The van der Waals surface area contributed by atoms with Gasteiger partial charge in [-0.15, -0.1) is 11.6 Å². The molecular formula is C19H29ClO3. The molecule has 2 unspecified atom stereocenters. The van der Waals surface area contributed by atoms with Crippen LogP contribution in [0.3, 0.4) is 0 Å². The summed E-state index contributed by atoms with van der Waals surface area (Å²) in [6.45, 7) is 3.07. The summed E-state index contributed by atoms with van der Waals surface area (Å²) >= 11 is 5.86. The van der Waals surface area contributed by atoms with E-state index in [0.29, 0.717) is 5.92 Å². The van der Waals surface area contributed by atoms with Gasteiger partial charge in [-0.25, -0.2) is 0 Å². The number of halogens is 1. The number of fused-ring (bicyclic) bond motifs is 1. The van der Waals surface area contributed by atoms with Crippen LogP contribution >= 0.6 is 11.6 Å². The van der Waals surface area contributed by atoms with E-state index >= 15 is 0 Å². The van der Waals surface area contributed by atoms with Gasteiger partial charge in [0, 0.05) is 12.5 Å². The standard InChI is InChI=1S/C19H29ClO3/c1-4-14(7-5-9-20)11-17-16-13-19(22-3)18(21-2)12-15(16)8-6-10-23-17/h12-14,17H,4-11H2,1-3H3. The maximum Gasteiger partial charge on any atom is 0.161 e. The van der Waals surface area contributed by atoms with Gasteiger partial charge in [0.1, 0.15) is 0 Å². The molecule has 0 aromatic heterocycles. The highest BCUT2D eigenvalue weighted by Crippen LogP contribution is 2.39. The molecule has 2 rings (SSSR count). The fourth-order valence-corrected chi connectivity index (χ4v) is 3.54. The Bertz CT molecular complexity index is 490. The average Bonchev–Trinajstić information content (AvgIpc) is 2.78. The highest BCUT2D eigenvalue weighted by atomic mass is 35.5. The summed E-state index contributed by atoms with van der Waals surface area (Å²) in [5.74, 6) is 2.98. The number of hydrogen-bond acceptors (Lipinski definition) is 3. The zero-order valence-corrected chi connectivity index (χ0v) is 15.3. The number of aryl methyl sites for hydroxylation is 1. The largest absolute Gasteiger partial charge is 0.493 e. The van der Waals surface area contributed by atoms with E-state index in [9.17, 15) is 0 Å². The van der Waals surface area contributed by atoms with Crippen LogP contribution < -0.4 is 9.47 Å². The van der Waals surface area contributed by atoms with Gasteiger partial charge in [-0.3, -0.25) is 0 Å². The minimum absolute atomic E-state index is 0.146. The molecule has 3 nitrogen and oxygen atoms in total. The van der Waals surface area contributed by atoms with E-state index in [-0.39, 0.29) is 6.10 Å². The second-order valence-electron chi connectivity index (χ2n) is 6.21. The molecule has 130 valence electrons. The van der Waals surface area contributed by atoms with Crippen LogP contribution in [-0.4, -0.2) is 26.7 Å². The second kappa shape index (κ2) is 9.39. The van der Waals surface area contributed by atoms with Crippen molar-refractivity contribution in [3.8, 4) is 11.5 Å². The van der Waals surface area contributed by atoms with Gasteiger partial charge in [0.15, 0.2) is 11.5 Å². The van der Waals surface area contributed by atoms with Gasteiger partial charge in [-0.05, 0) is 61.3 Å². The Balaban J connectivity index is 2.25. The van der Waals surface area contributed by atoms with Crippen molar-refractivity contribution in [2.45, 2.75) is 51.6 Å². The van der Waals surface area contributed by atoms with Gasteiger partial charge >= 0.3 is 0 Å². The van der Waals surface area contributed by atoms with Crippen LogP contribution in [0, 0.1) is 5.92 Å². The summed E-state index contributed by atoms with van der Waals surface area (Å²) < 4.78 is 17.1. The zero-order valence-electron chi connectivity index (χ0n) is 14.6. The summed E-state index contributed by atoms with van der Waals surface area (Å²) in [6.07, 6.45) is 6.69. The third-order valence-electron chi connectivity index (χ3n) is 4.77. The van der Waals surface area contributed by atoms with E-state index in [1.54, 1.807) is 14.2 Å². The van der Waals surface area contributed by atoms with Gasteiger partial charge < -0.3 is 14.2 Å². The van der Waals surface area contributed by atoms with E-state index in [2.05, 4.69) is 19.1 Å². The fourth-order valence-electron chi connectivity index (χ4n) is 3.38. The molecule has 1 heterocycles. The molecule has 0 bridgehead atoms. The molecule has 1 aliphatic heterocycles. The highest BCUT2D eigenvalue weighted by molar-refractivity contribution is 6.17. The molecule has 23 heavy (non-hydrogen) atoms. The second-order valence-corrected chi connectivity index (χ2v) is 6.59. The topological polar surface area (TPSA) is 27.7 Å². The molecule has 0 amide bonds. The van der Waals surface area contributed by atoms with Crippen molar-refractivity contribution >= 4 is 11.6 Å². The number of alkyl halides is 1. The first kappa shape index (κ1) is 18.4. The lowest BCUT2D eigenvalue weighted by Gasteiger charge is -2.24. The molecule has 2 atom stereocenters. The highest BCUT2D eigenvalue weighted by Gasteiger charge is 2.24. The zero-order chi connectivity index (χ0) is 16.7. The van der Waals surface area contributed by atoms with Crippen LogP contribution in [0.15, 0.2) is 12.1 Å². The van der Waals surface area contributed by atoms with Gasteiger partial charge in [-0.1, -0.05) is 13.3 Å². The van der Waals surface area contributed by atoms with Crippen molar-refractivity contribution in [3.63, 3.8) is 0 Å². The number of hydrogen-bond donors (Lipinski definition) is 0. The monoisotopic (exact) mass is 340 g/mol. The molecule has 0 N–H and O–H groups in total. The molecule has 1 aromatic rings. The number of ether oxygens (including phenoxy) is 3. The summed E-state index contributed by atoms with van der Waals surface area (Å²) in [7, 11) is 3.38. The van der Waals surface area contributed by atoms with Gasteiger partial charge in [0.05, 0.1) is 20.3 Å². The Morgan fingerprint density at radius 2 is 2.00 bits per heavy atom. The molecule has 0 saturated carbocycles. The lowest BCUT2D eigenvalue weighted by atomic mass is 9.89. The Kier molecular flexibility index (Phi) is 7.51. The van der Waals surface area contributed by atoms with E-state index in [1.807, 2.05) is 0 Å². The van der Waals surface area contributed by atoms with Crippen molar-refractivity contribution in [2.75, 3.05) is 26.7 Å². The summed E-state index contributed by atoms with van der Waals surface area (Å²) in [6, 6.07) is 4.23. The van der Waals surface area contributed by atoms with Gasteiger partial charge in [0.25, 0.3) is 0 Å². The number of rotatable bonds is 8. The van der Waals surface area contributed by atoms with Crippen LogP contribution in [0.4, 0.5) is 0 Å². The molecule has 0 aliphatic carbocycles. The van der Waals surface area contributed by atoms with Crippen LogP contribution in [0.5, 0.6) is 11.5 Å². The van der Waals surface area contributed by atoms with E-state index in [4.69, 9.17) is 25.8 Å². The van der Waals surface area contributed by atoms with Crippen LogP contribution in [0.1, 0.15) is 56.3 Å². The van der Waals surface area contributed by atoms with Crippen molar-refractivity contribution in [1.29, 1.82) is 0 Å². The predicted octanol–water partition coefficient (Wildman–Crippen LogP) is 5.14. The molecule has 1 aliphatic rings. The molecule has 0 fully saturated rings. The van der Waals surface area contributed by atoms with E-state index < -0.39 is 0 Å². The van der Waals surface area contributed by atoms with Crippen molar-refractivity contribution in [2.24, 2.45) is 5.92 Å². The molecule has 0 saturated heterocycles. The van der Waals surface area contributed by atoms with Crippen molar-refractivity contribution < 1.29 is 14.2 Å². The minimum atomic E-state index is 0.146. The Labute approximate surface area is 145 Å². The SMILES string of the molecule is CCC(CCCCl)CC1OCCCc2cc(OC)c(OC)cc21. The van der Waals surface area contributed by atoms with Gasteiger partial charge in [-0.2, -0.15) is 0 Å². The minimum Gasteiger partial charge on any atom is -0.493 e. The van der Waals surface area contributed by atoms with E-state index in [0.717, 1.165) is 49.7 Å². The third kappa shape index (κ3) is 4.77. The molecule has 1 aromatic carbocycles. The Hall–Kier alpha value is -0.930. The van der Waals surface area contributed by atoms with Crippen LogP contribution in [0.25, 0.3) is 0 Å². The Morgan fingerprint density at radius 1 is 1.26 bits per heavy atom. The van der Waals surface area contributed by atoms with Crippen LogP contribution in [-0.2, 0) is 11.2 Å². The summed E-state index contributed by atoms with van der Waals surface area (Å²) in [5.41, 5.74) is 2.60. The Morgan fingerprint density at radius 3 is 2.65 bits per heavy atom. The summed E-state index contributed by atoms with van der Waals surface area (Å²) in [5, 5.41) is 0. The number of methoxy groups -OCH3 is 2. The average molecular weight is 341 g/mol. The normalized spacial score (nSPS) is 18.9. The molecule has 4 heteroatoms. The van der Waals surface area contributed by atoms with Crippen LogP contribution in [0.2, 0.25) is 0 Å². The quantitative estimate of drug-likeness (QED) is 0.613. The van der Waals surface area contributed by atoms with Crippen molar-refractivity contribution in [3.05, 3.63) is 23.3 Å². The lowest BCUT2D eigenvalue weighted by Crippen LogP contribution is -2.12. The third-order valence-corrected chi connectivity index (χ3v) is 5.04. The molecule has 0 radical (unpaired) electrons. The maximum absolute atomic E-state index is 6.19. The first-order chi connectivity index (χ1) is 11.2. The molecular weight excluding hydrogens is 312 g/mol. The maximum atomic E-state index is 6.19. The summed E-state index contributed by atoms with van der Waals surface area (Å²) in [4.78, 5) is 0. The first-order valence-corrected chi connectivity index (χ1v) is 9.19. The number of benzene rings is 1. The first-order valence-electron chi connectivity index (χ1n) is 8.65. The van der Waals surface area contributed by atoms with E-state index in [1.165, 1.54) is 24.0 Å². The molecule has 0 spiro atoms.